The number of sulfonamides is 1. The van der Waals surface area contributed by atoms with Crippen LogP contribution in [0.25, 0.3) is 0 Å². The van der Waals surface area contributed by atoms with E-state index in [4.69, 9.17) is 5.11 Å². The number of hydrogen-bond donors (Lipinski definition) is 2. The third-order valence-electron chi connectivity index (χ3n) is 2.60. The van der Waals surface area contributed by atoms with E-state index in [9.17, 15) is 18.3 Å². The Kier molecular flexibility index (Phi) is 3.54. The lowest BCUT2D eigenvalue weighted by atomic mass is 10.2. The number of carboxylic acids is 1. The Balaban J connectivity index is 2.27. The molecule has 0 saturated heterocycles. The number of aliphatic hydroxyl groups is 1. The first kappa shape index (κ1) is 13.5. The minimum Gasteiger partial charge on any atom is -0.481 e. The molecular weight excluding hydrogens is 272 g/mol. The van der Waals surface area contributed by atoms with Gasteiger partial charge in [-0.05, 0) is 12.1 Å². The molecule has 0 fully saturated rings. The number of carbonyl (C=O) groups is 1. The number of fused-ring (bicyclic) bond motifs is 1. The van der Waals surface area contributed by atoms with E-state index in [-0.39, 0.29) is 11.4 Å². The van der Waals surface area contributed by atoms with Crippen molar-refractivity contribution in [3.05, 3.63) is 24.3 Å². The Labute approximate surface area is 109 Å². The summed E-state index contributed by atoms with van der Waals surface area (Å²) >= 11 is 0. The number of β-amino-alcohol motifs (C(OH)–C–C–N with tert-alkyl or cyclic N) is 1. The van der Waals surface area contributed by atoms with Crippen LogP contribution in [-0.2, 0) is 14.8 Å². The average Bonchev–Trinajstić information content (AvgIpc) is 2.32. The Hall–Kier alpha value is -1.93. The van der Waals surface area contributed by atoms with E-state index in [1.54, 1.807) is 18.2 Å². The number of benzene rings is 1. The first-order chi connectivity index (χ1) is 8.90. The van der Waals surface area contributed by atoms with Gasteiger partial charge in [-0.25, -0.2) is 0 Å². The summed E-state index contributed by atoms with van der Waals surface area (Å²) in [6.45, 7) is -0.0394. The van der Waals surface area contributed by atoms with Gasteiger partial charge in [-0.2, -0.15) is 8.42 Å². The average molecular weight is 284 g/mol. The second-order valence-electron chi connectivity index (χ2n) is 4.07. The molecular formula is C11H12N2O5S. The van der Waals surface area contributed by atoms with Crippen molar-refractivity contribution < 1.29 is 23.4 Å². The number of rotatable bonds is 4. The topological polar surface area (TPSA) is 107 Å². The van der Waals surface area contributed by atoms with Gasteiger partial charge in [0.2, 0.25) is 0 Å². The number of nitrogens with zero attached hydrogens (tertiary/aromatic N) is 2. The molecule has 1 aliphatic rings. The molecule has 0 saturated carbocycles. The Morgan fingerprint density at radius 2 is 2.05 bits per heavy atom. The molecule has 1 aromatic rings. The molecule has 102 valence electrons. The predicted molar refractivity (Wildman–Crippen MR) is 67.7 cm³/mol. The molecule has 0 radical (unpaired) electrons. The van der Waals surface area contributed by atoms with Crippen LogP contribution in [0.1, 0.15) is 6.42 Å². The van der Waals surface area contributed by atoms with Crippen molar-refractivity contribution in [3.8, 4) is 0 Å². The Morgan fingerprint density at radius 1 is 1.37 bits per heavy atom. The number of anilines is 1. The van der Waals surface area contributed by atoms with Gasteiger partial charge in [-0.15, -0.1) is 4.40 Å². The summed E-state index contributed by atoms with van der Waals surface area (Å²) in [6, 6.07) is 6.22. The summed E-state index contributed by atoms with van der Waals surface area (Å²) < 4.78 is 26.8. The van der Waals surface area contributed by atoms with Crippen LogP contribution in [0.2, 0.25) is 0 Å². The van der Waals surface area contributed by atoms with Crippen LogP contribution >= 0.6 is 0 Å². The maximum absolute atomic E-state index is 11.7. The van der Waals surface area contributed by atoms with Crippen molar-refractivity contribution >= 4 is 28.0 Å². The number of carboxylic acid groups (broad SMARTS) is 1. The molecule has 0 aromatic heterocycles. The van der Waals surface area contributed by atoms with Gasteiger partial charge < -0.3 is 15.1 Å². The summed E-state index contributed by atoms with van der Waals surface area (Å²) in [5.41, 5.74) is 0.377. The lowest BCUT2D eigenvalue weighted by Gasteiger charge is -2.26. The summed E-state index contributed by atoms with van der Waals surface area (Å²) in [6.07, 6.45) is -0.444. The zero-order valence-electron chi connectivity index (χ0n) is 9.80. The molecule has 19 heavy (non-hydrogen) atoms. The molecule has 0 spiro atoms. The first-order valence-corrected chi connectivity index (χ1v) is 6.90. The van der Waals surface area contributed by atoms with Crippen molar-refractivity contribution in [3.63, 3.8) is 0 Å². The van der Waals surface area contributed by atoms with Crippen LogP contribution in [-0.4, -0.2) is 43.6 Å². The third-order valence-corrected chi connectivity index (χ3v) is 3.87. The molecule has 1 atom stereocenters. The smallest absolute Gasteiger partial charge is 0.306 e. The van der Waals surface area contributed by atoms with E-state index in [1.807, 2.05) is 0 Å². The number of hydrogen-bond acceptors (Lipinski definition) is 5. The van der Waals surface area contributed by atoms with Crippen LogP contribution in [0, 0.1) is 0 Å². The molecule has 0 amide bonds. The minimum atomic E-state index is -3.70. The molecule has 1 heterocycles. The van der Waals surface area contributed by atoms with Crippen LogP contribution in [0.5, 0.6) is 0 Å². The molecule has 8 heteroatoms. The quantitative estimate of drug-likeness (QED) is 0.809. The van der Waals surface area contributed by atoms with Crippen molar-refractivity contribution in [2.45, 2.75) is 17.4 Å². The molecule has 2 N–H and O–H groups in total. The van der Waals surface area contributed by atoms with E-state index in [0.29, 0.717) is 5.69 Å². The zero-order chi connectivity index (χ0) is 14.0. The highest BCUT2D eigenvalue weighted by atomic mass is 32.2. The van der Waals surface area contributed by atoms with Crippen molar-refractivity contribution in [1.82, 2.24) is 0 Å². The second kappa shape index (κ2) is 4.98. The molecule has 2 rings (SSSR count). The summed E-state index contributed by atoms with van der Waals surface area (Å²) in [7, 11) is -3.70. The van der Waals surface area contributed by atoms with Crippen LogP contribution in [0.4, 0.5) is 5.69 Å². The molecule has 1 unspecified atom stereocenters. The molecule has 7 nitrogen and oxygen atoms in total. The van der Waals surface area contributed by atoms with Gasteiger partial charge in [0.25, 0.3) is 10.0 Å². The minimum absolute atomic E-state index is 0.0394. The Bertz CT molecular complexity index is 626. The van der Waals surface area contributed by atoms with Gasteiger partial charge >= 0.3 is 5.97 Å². The van der Waals surface area contributed by atoms with Crippen molar-refractivity contribution in [2.24, 2.45) is 4.40 Å². The van der Waals surface area contributed by atoms with Crippen molar-refractivity contribution in [2.75, 3.05) is 11.4 Å². The number of aliphatic hydroxyl groups excluding tert-OH is 1. The monoisotopic (exact) mass is 284 g/mol. The fourth-order valence-corrected chi connectivity index (χ4v) is 2.84. The fraction of sp³-hybridized carbons (Fsp3) is 0.273. The number of para-hydroxylation sites is 1. The molecule has 1 aliphatic heterocycles. The third kappa shape index (κ3) is 2.91. The van der Waals surface area contributed by atoms with Crippen LogP contribution in [0.3, 0.4) is 0 Å². The van der Waals surface area contributed by atoms with Gasteiger partial charge in [-0.3, -0.25) is 4.79 Å². The lowest BCUT2D eigenvalue weighted by Crippen LogP contribution is -2.35. The normalized spacial score (nSPS) is 17.8. The SMILES string of the molecule is O=C(O)CC(O)CN1C=NS(=O)(=O)c2ccccc21. The summed E-state index contributed by atoms with van der Waals surface area (Å²) in [5.74, 6) is -1.12. The van der Waals surface area contributed by atoms with E-state index in [1.165, 1.54) is 11.0 Å². The van der Waals surface area contributed by atoms with Gasteiger partial charge in [-0.1, -0.05) is 12.1 Å². The van der Waals surface area contributed by atoms with E-state index < -0.39 is 28.5 Å². The second-order valence-corrected chi connectivity index (χ2v) is 5.67. The first-order valence-electron chi connectivity index (χ1n) is 5.46. The standard InChI is InChI=1S/C11H12N2O5S/c14-8(5-11(15)16)6-13-7-12-19(17,18)10-4-2-1-3-9(10)13/h1-4,7-8,14H,5-6H2,(H,15,16). The van der Waals surface area contributed by atoms with Gasteiger partial charge in [0.15, 0.2) is 0 Å². The molecule has 0 aliphatic carbocycles. The summed E-state index contributed by atoms with van der Waals surface area (Å²) in [5, 5.41) is 18.2. The number of aliphatic carboxylic acids is 1. The highest BCUT2D eigenvalue weighted by Gasteiger charge is 2.26. The van der Waals surface area contributed by atoms with Crippen LogP contribution in [0.15, 0.2) is 33.6 Å². The maximum Gasteiger partial charge on any atom is 0.306 e. The Morgan fingerprint density at radius 3 is 2.74 bits per heavy atom. The van der Waals surface area contributed by atoms with Crippen molar-refractivity contribution in [1.29, 1.82) is 0 Å². The largest absolute Gasteiger partial charge is 0.481 e. The van der Waals surface area contributed by atoms with E-state index in [2.05, 4.69) is 4.40 Å². The molecule has 0 bridgehead atoms. The molecule has 1 aromatic carbocycles. The van der Waals surface area contributed by atoms with Gasteiger partial charge in [0.1, 0.15) is 11.2 Å². The van der Waals surface area contributed by atoms with E-state index in [0.717, 1.165) is 6.34 Å². The predicted octanol–water partition coefficient (Wildman–Crippen LogP) is 0.0592. The zero-order valence-corrected chi connectivity index (χ0v) is 10.6. The van der Waals surface area contributed by atoms with Gasteiger partial charge in [0, 0.05) is 0 Å². The van der Waals surface area contributed by atoms with Gasteiger partial charge in [0.05, 0.1) is 24.8 Å². The lowest BCUT2D eigenvalue weighted by molar-refractivity contribution is -0.139. The van der Waals surface area contributed by atoms with E-state index >= 15 is 0 Å². The fourth-order valence-electron chi connectivity index (χ4n) is 1.79. The highest BCUT2D eigenvalue weighted by molar-refractivity contribution is 7.90. The highest BCUT2D eigenvalue weighted by Crippen LogP contribution is 2.29. The van der Waals surface area contributed by atoms with Crippen LogP contribution < -0.4 is 4.90 Å². The summed E-state index contributed by atoms with van der Waals surface area (Å²) in [4.78, 5) is 12.0. The maximum atomic E-state index is 11.7.